The minimum absolute atomic E-state index is 0. The van der Waals surface area contributed by atoms with E-state index < -0.39 is 0 Å². The van der Waals surface area contributed by atoms with Crippen LogP contribution in [0.3, 0.4) is 0 Å². The van der Waals surface area contributed by atoms with Gasteiger partial charge in [-0.2, -0.15) is 0 Å². The minimum Gasteiger partial charge on any atom is -0.384 e. The Hall–Kier alpha value is -0.120. The maximum Gasteiger partial charge on any atom is 0.193 e. The first-order valence-electron chi connectivity index (χ1n) is 8.93. The van der Waals surface area contributed by atoms with Crippen molar-refractivity contribution < 1.29 is 14.2 Å². The maximum absolute atomic E-state index is 5.80. The van der Waals surface area contributed by atoms with Crippen LogP contribution in [0, 0.1) is 11.8 Å². The number of ether oxygens (including phenoxy) is 3. The van der Waals surface area contributed by atoms with Crippen LogP contribution >= 0.6 is 24.0 Å². The molecular formula is C17H34IN3O3. The number of aliphatic imine (C=N–C) groups is 1. The Labute approximate surface area is 163 Å². The second-order valence-electron chi connectivity index (χ2n) is 6.51. The summed E-state index contributed by atoms with van der Waals surface area (Å²) in [5.41, 5.74) is 0. The van der Waals surface area contributed by atoms with Gasteiger partial charge >= 0.3 is 0 Å². The summed E-state index contributed by atoms with van der Waals surface area (Å²) < 4.78 is 16.4. The number of likely N-dealkylation sites (tertiary alicyclic amines) is 1. The molecule has 1 atom stereocenters. The zero-order valence-corrected chi connectivity index (χ0v) is 17.5. The van der Waals surface area contributed by atoms with Crippen molar-refractivity contribution in [2.45, 2.75) is 25.7 Å². The monoisotopic (exact) mass is 455 g/mol. The van der Waals surface area contributed by atoms with E-state index in [1.54, 1.807) is 7.11 Å². The first-order chi connectivity index (χ1) is 11.3. The van der Waals surface area contributed by atoms with Gasteiger partial charge < -0.3 is 24.4 Å². The van der Waals surface area contributed by atoms with Crippen LogP contribution < -0.4 is 5.32 Å². The molecule has 0 aromatic carbocycles. The molecule has 1 unspecified atom stereocenters. The highest BCUT2D eigenvalue weighted by Gasteiger charge is 2.24. The lowest BCUT2D eigenvalue weighted by Gasteiger charge is -2.22. The summed E-state index contributed by atoms with van der Waals surface area (Å²) in [5, 5.41) is 3.45. The number of rotatable bonds is 8. The molecule has 2 rings (SSSR count). The van der Waals surface area contributed by atoms with Gasteiger partial charge in [0.05, 0.1) is 6.61 Å². The van der Waals surface area contributed by atoms with Gasteiger partial charge in [0.1, 0.15) is 0 Å². The highest BCUT2D eigenvalue weighted by atomic mass is 127. The van der Waals surface area contributed by atoms with E-state index in [1.165, 1.54) is 6.42 Å². The lowest BCUT2D eigenvalue weighted by Crippen LogP contribution is -2.40. The second kappa shape index (κ2) is 13.1. The molecule has 0 spiro atoms. The Morgan fingerprint density at radius 3 is 2.71 bits per heavy atom. The van der Waals surface area contributed by atoms with E-state index >= 15 is 0 Å². The summed E-state index contributed by atoms with van der Waals surface area (Å²) in [5.74, 6) is 2.32. The van der Waals surface area contributed by atoms with Crippen molar-refractivity contribution in [1.82, 2.24) is 10.2 Å². The van der Waals surface area contributed by atoms with E-state index in [4.69, 9.17) is 14.2 Å². The highest BCUT2D eigenvalue weighted by molar-refractivity contribution is 14.0. The van der Waals surface area contributed by atoms with Gasteiger partial charge in [-0.1, -0.05) is 0 Å². The smallest absolute Gasteiger partial charge is 0.193 e. The highest BCUT2D eigenvalue weighted by Crippen LogP contribution is 2.16. The van der Waals surface area contributed by atoms with Gasteiger partial charge in [0.15, 0.2) is 5.96 Å². The molecule has 2 fully saturated rings. The molecule has 0 radical (unpaired) electrons. The third kappa shape index (κ3) is 7.84. The van der Waals surface area contributed by atoms with Crippen LogP contribution in [0.2, 0.25) is 0 Å². The Morgan fingerprint density at radius 1 is 1.21 bits per heavy atom. The SMILES string of the molecule is CN=C(NCCCOCC1CCOCC1)N1CCC(COC)C1.I. The van der Waals surface area contributed by atoms with E-state index in [-0.39, 0.29) is 24.0 Å². The zero-order valence-electron chi connectivity index (χ0n) is 15.2. The molecule has 0 aliphatic carbocycles. The van der Waals surface area contributed by atoms with E-state index in [1.807, 2.05) is 7.05 Å². The number of guanidine groups is 1. The Kier molecular flexibility index (Phi) is 12.0. The largest absolute Gasteiger partial charge is 0.384 e. The Balaban J connectivity index is 0.00000288. The molecule has 1 N–H and O–H groups in total. The van der Waals surface area contributed by atoms with Gasteiger partial charge in [0.25, 0.3) is 0 Å². The topological polar surface area (TPSA) is 55.3 Å². The summed E-state index contributed by atoms with van der Waals surface area (Å²) in [6.45, 7) is 7.33. The first kappa shape index (κ1) is 21.9. The maximum atomic E-state index is 5.80. The minimum atomic E-state index is 0. The van der Waals surface area contributed by atoms with E-state index in [0.717, 1.165) is 77.9 Å². The number of nitrogens with zero attached hydrogens (tertiary/aromatic N) is 2. The fraction of sp³-hybridized carbons (Fsp3) is 0.941. The summed E-state index contributed by atoms with van der Waals surface area (Å²) in [6.07, 6.45) is 4.48. The summed E-state index contributed by atoms with van der Waals surface area (Å²) >= 11 is 0. The molecule has 7 heteroatoms. The number of hydrogen-bond acceptors (Lipinski definition) is 4. The van der Waals surface area contributed by atoms with Crippen molar-refractivity contribution in [1.29, 1.82) is 0 Å². The van der Waals surface area contributed by atoms with Gasteiger partial charge in [-0.05, 0) is 31.6 Å². The number of methoxy groups -OCH3 is 1. The van der Waals surface area contributed by atoms with Crippen LogP contribution in [-0.4, -0.2) is 77.7 Å². The normalized spacial score (nSPS) is 22.5. The molecular weight excluding hydrogens is 421 g/mol. The molecule has 2 heterocycles. The van der Waals surface area contributed by atoms with Crippen LogP contribution in [0.25, 0.3) is 0 Å². The third-order valence-electron chi connectivity index (χ3n) is 4.64. The van der Waals surface area contributed by atoms with Gasteiger partial charge in [-0.25, -0.2) is 0 Å². The molecule has 0 bridgehead atoms. The number of hydrogen-bond donors (Lipinski definition) is 1. The molecule has 2 aliphatic heterocycles. The first-order valence-corrected chi connectivity index (χ1v) is 8.93. The molecule has 142 valence electrons. The van der Waals surface area contributed by atoms with Crippen molar-refractivity contribution in [3.8, 4) is 0 Å². The average Bonchev–Trinajstić information content (AvgIpc) is 3.04. The predicted octanol–water partition coefficient (Wildman–Crippen LogP) is 1.98. The van der Waals surface area contributed by atoms with E-state index in [9.17, 15) is 0 Å². The van der Waals surface area contributed by atoms with Crippen molar-refractivity contribution >= 4 is 29.9 Å². The van der Waals surface area contributed by atoms with E-state index in [0.29, 0.717) is 11.8 Å². The summed E-state index contributed by atoms with van der Waals surface area (Å²) in [6, 6.07) is 0. The van der Waals surface area contributed by atoms with Crippen LogP contribution in [0.4, 0.5) is 0 Å². The van der Waals surface area contributed by atoms with Gasteiger partial charge in [-0.15, -0.1) is 24.0 Å². The molecule has 2 saturated heterocycles. The Morgan fingerprint density at radius 2 is 2.00 bits per heavy atom. The standard InChI is InChI=1S/C17H33N3O3.HI/c1-18-17(20-8-4-16(12-20)13-21-2)19-7-3-9-23-14-15-5-10-22-11-6-15;/h15-16H,3-14H2,1-2H3,(H,18,19);1H. The molecule has 24 heavy (non-hydrogen) atoms. The zero-order chi connectivity index (χ0) is 16.3. The fourth-order valence-corrected chi connectivity index (χ4v) is 3.27. The van der Waals surface area contributed by atoms with Crippen LogP contribution in [0.1, 0.15) is 25.7 Å². The molecule has 0 amide bonds. The Bertz CT molecular complexity index is 352. The molecule has 0 aromatic rings. The van der Waals surface area contributed by atoms with Crippen LogP contribution in [-0.2, 0) is 14.2 Å². The molecule has 6 nitrogen and oxygen atoms in total. The lowest BCUT2D eigenvalue weighted by molar-refractivity contribution is 0.0203. The molecule has 0 aromatic heterocycles. The summed E-state index contributed by atoms with van der Waals surface area (Å²) in [7, 11) is 3.63. The van der Waals surface area contributed by atoms with Gasteiger partial charge in [0, 0.05) is 66.1 Å². The van der Waals surface area contributed by atoms with Crippen molar-refractivity contribution in [2.24, 2.45) is 16.8 Å². The van der Waals surface area contributed by atoms with Gasteiger partial charge in [-0.3, -0.25) is 4.99 Å². The molecule has 2 aliphatic rings. The quantitative estimate of drug-likeness (QED) is 0.263. The van der Waals surface area contributed by atoms with Crippen molar-refractivity contribution in [2.75, 3.05) is 66.8 Å². The van der Waals surface area contributed by atoms with Crippen molar-refractivity contribution in [3.63, 3.8) is 0 Å². The average molecular weight is 455 g/mol. The molecule has 0 saturated carbocycles. The fourth-order valence-electron chi connectivity index (χ4n) is 3.27. The van der Waals surface area contributed by atoms with Crippen LogP contribution in [0.15, 0.2) is 4.99 Å². The predicted molar refractivity (Wildman–Crippen MR) is 107 cm³/mol. The van der Waals surface area contributed by atoms with E-state index in [2.05, 4.69) is 15.2 Å². The van der Waals surface area contributed by atoms with Gasteiger partial charge in [0.2, 0.25) is 0 Å². The third-order valence-corrected chi connectivity index (χ3v) is 4.64. The van der Waals surface area contributed by atoms with Crippen LogP contribution in [0.5, 0.6) is 0 Å². The lowest BCUT2D eigenvalue weighted by atomic mass is 10.0. The summed E-state index contributed by atoms with van der Waals surface area (Å²) in [4.78, 5) is 6.72. The second-order valence-corrected chi connectivity index (χ2v) is 6.51. The number of halogens is 1. The number of nitrogens with one attached hydrogen (secondary N) is 1. The van der Waals surface area contributed by atoms with Crippen molar-refractivity contribution in [3.05, 3.63) is 0 Å².